The molecule has 3 N–H and O–H groups in total. The minimum Gasteiger partial charge on any atom is -0.275 e. The van der Waals surface area contributed by atoms with Crippen LogP contribution in [0.4, 0.5) is 0 Å². The summed E-state index contributed by atoms with van der Waals surface area (Å²) in [6.45, 7) is 0. The predicted molar refractivity (Wildman–Crippen MR) is 53.4 cm³/mol. The van der Waals surface area contributed by atoms with Crippen molar-refractivity contribution in [2.24, 2.45) is 19.9 Å². The first kappa shape index (κ1) is 9.81. The van der Waals surface area contributed by atoms with Crippen LogP contribution in [-0.2, 0) is 14.1 Å². The summed E-state index contributed by atoms with van der Waals surface area (Å²) in [6.07, 6.45) is 5.34. The van der Waals surface area contributed by atoms with Gasteiger partial charge in [-0.3, -0.25) is 15.2 Å². The maximum atomic E-state index is 5.52. The van der Waals surface area contributed by atoms with Crippen LogP contribution < -0.4 is 11.3 Å². The smallest absolute Gasteiger partial charge is 0.0924 e. The van der Waals surface area contributed by atoms with E-state index in [0.717, 1.165) is 11.3 Å². The summed E-state index contributed by atoms with van der Waals surface area (Å²) >= 11 is 0. The Morgan fingerprint density at radius 2 is 2.20 bits per heavy atom. The van der Waals surface area contributed by atoms with Crippen LogP contribution in [0.25, 0.3) is 0 Å². The molecule has 0 aliphatic heterocycles. The molecule has 0 spiro atoms. The van der Waals surface area contributed by atoms with Gasteiger partial charge < -0.3 is 0 Å². The maximum Gasteiger partial charge on any atom is 0.0924 e. The molecule has 0 fully saturated rings. The summed E-state index contributed by atoms with van der Waals surface area (Å²) in [5, 5.41) is 11.8. The lowest BCUT2D eigenvalue weighted by atomic mass is 10.1. The molecular formula is C8H13N7. The number of aromatic nitrogens is 5. The van der Waals surface area contributed by atoms with E-state index in [1.807, 2.05) is 20.3 Å². The van der Waals surface area contributed by atoms with E-state index in [1.165, 1.54) is 0 Å². The highest BCUT2D eigenvalue weighted by atomic mass is 15.4. The third-order valence-corrected chi connectivity index (χ3v) is 2.27. The van der Waals surface area contributed by atoms with Crippen LogP contribution >= 0.6 is 0 Å². The van der Waals surface area contributed by atoms with E-state index >= 15 is 0 Å². The first-order valence-electron chi connectivity index (χ1n) is 4.51. The van der Waals surface area contributed by atoms with Crippen LogP contribution in [0.3, 0.4) is 0 Å². The molecule has 2 aromatic heterocycles. The fraction of sp³-hybridized carbons (Fsp3) is 0.375. The second kappa shape index (κ2) is 3.79. The van der Waals surface area contributed by atoms with Gasteiger partial charge in [-0.15, -0.1) is 5.10 Å². The molecule has 7 heteroatoms. The third-order valence-electron chi connectivity index (χ3n) is 2.27. The minimum atomic E-state index is -0.140. The molecule has 15 heavy (non-hydrogen) atoms. The van der Waals surface area contributed by atoms with Gasteiger partial charge in [-0.25, -0.2) is 5.43 Å². The molecule has 7 nitrogen and oxygen atoms in total. The van der Waals surface area contributed by atoms with Crippen LogP contribution in [0.1, 0.15) is 17.3 Å². The highest BCUT2D eigenvalue weighted by molar-refractivity contribution is 5.21. The van der Waals surface area contributed by atoms with Gasteiger partial charge in [0.1, 0.15) is 0 Å². The van der Waals surface area contributed by atoms with Crippen molar-refractivity contribution in [1.82, 2.24) is 30.2 Å². The predicted octanol–water partition coefficient (Wildman–Crippen LogP) is -0.899. The van der Waals surface area contributed by atoms with Crippen molar-refractivity contribution < 1.29 is 0 Å². The summed E-state index contributed by atoms with van der Waals surface area (Å²) in [4.78, 5) is 0. The molecule has 1 atom stereocenters. The van der Waals surface area contributed by atoms with Gasteiger partial charge in [-0.1, -0.05) is 5.21 Å². The number of nitrogens with one attached hydrogen (secondary N) is 1. The van der Waals surface area contributed by atoms with Gasteiger partial charge in [-0.05, 0) is 0 Å². The number of rotatable bonds is 3. The van der Waals surface area contributed by atoms with E-state index in [-0.39, 0.29) is 6.04 Å². The minimum absolute atomic E-state index is 0.140. The molecule has 0 saturated heterocycles. The van der Waals surface area contributed by atoms with Crippen molar-refractivity contribution in [2.75, 3.05) is 0 Å². The van der Waals surface area contributed by atoms with E-state index in [2.05, 4.69) is 20.8 Å². The molecule has 2 rings (SSSR count). The number of nitrogens with two attached hydrogens (primary N) is 1. The topological polar surface area (TPSA) is 86.6 Å². The fourth-order valence-electron chi connectivity index (χ4n) is 1.50. The number of hydrogen-bond donors (Lipinski definition) is 2. The molecule has 0 bridgehead atoms. The monoisotopic (exact) mass is 207 g/mol. The van der Waals surface area contributed by atoms with Crippen LogP contribution in [0.2, 0.25) is 0 Å². The Hall–Kier alpha value is -1.73. The highest BCUT2D eigenvalue weighted by Gasteiger charge is 2.17. The molecule has 0 radical (unpaired) electrons. The summed E-state index contributed by atoms with van der Waals surface area (Å²) in [7, 11) is 3.68. The molecular weight excluding hydrogens is 194 g/mol. The Balaban J connectivity index is 2.36. The maximum absolute atomic E-state index is 5.52. The molecule has 80 valence electrons. The first-order valence-corrected chi connectivity index (χ1v) is 4.51. The molecule has 2 heterocycles. The van der Waals surface area contributed by atoms with Gasteiger partial charge in [0, 0.05) is 25.9 Å². The molecule has 0 amide bonds. The quantitative estimate of drug-likeness (QED) is 0.503. The van der Waals surface area contributed by atoms with Crippen molar-refractivity contribution in [2.45, 2.75) is 6.04 Å². The van der Waals surface area contributed by atoms with Crippen molar-refractivity contribution in [1.29, 1.82) is 0 Å². The van der Waals surface area contributed by atoms with Gasteiger partial charge in [0.15, 0.2) is 0 Å². The Morgan fingerprint density at radius 3 is 2.67 bits per heavy atom. The van der Waals surface area contributed by atoms with Crippen molar-refractivity contribution in [3.8, 4) is 0 Å². The van der Waals surface area contributed by atoms with E-state index in [9.17, 15) is 0 Å². The lowest BCUT2D eigenvalue weighted by Gasteiger charge is -2.13. The van der Waals surface area contributed by atoms with Crippen molar-refractivity contribution in [3.05, 3.63) is 29.8 Å². The zero-order valence-corrected chi connectivity index (χ0v) is 8.62. The molecule has 0 aliphatic carbocycles. The van der Waals surface area contributed by atoms with Crippen LogP contribution in [0.5, 0.6) is 0 Å². The van der Waals surface area contributed by atoms with E-state index < -0.39 is 0 Å². The summed E-state index contributed by atoms with van der Waals surface area (Å²) in [6, 6.07) is -0.140. The molecule has 0 aliphatic rings. The number of nitrogens with zero attached hydrogens (tertiary/aromatic N) is 5. The first-order chi connectivity index (χ1) is 7.22. The molecule has 2 aromatic rings. The van der Waals surface area contributed by atoms with E-state index in [1.54, 1.807) is 21.8 Å². The van der Waals surface area contributed by atoms with Gasteiger partial charge in [0.25, 0.3) is 0 Å². The van der Waals surface area contributed by atoms with Crippen LogP contribution in [0.15, 0.2) is 18.6 Å². The molecule has 0 aromatic carbocycles. The summed E-state index contributed by atoms with van der Waals surface area (Å²) < 4.78 is 3.40. The number of hydrogen-bond acceptors (Lipinski definition) is 5. The number of aryl methyl sites for hydroxylation is 2. The Morgan fingerprint density at radius 1 is 1.40 bits per heavy atom. The third kappa shape index (κ3) is 1.74. The SMILES string of the molecule is Cn1cc(C(NN)c2cnnn2C)cn1. The van der Waals surface area contributed by atoms with Gasteiger partial charge >= 0.3 is 0 Å². The van der Waals surface area contributed by atoms with E-state index in [0.29, 0.717) is 0 Å². The van der Waals surface area contributed by atoms with E-state index in [4.69, 9.17) is 5.84 Å². The summed E-state index contributed by atoms with van der Waals surface area (Å²) in [5.41, 5.74) is 4.59. The van der Waals surface area contributed by atoms with Gasteiger partial charge in [-0.2, -0.15) is 5.10 Å². The van der Waals surface area contributed by atoms with Crippen LogP contribution in [-0.4, -0.2) is 24.8 Å². The molecule has 1 unspecified atom stereocenters. The Kier molecular flexibility index (Phi) is 2.48. The second-order valence-corrected chi connectivity index (χ2v) is 3.33. The average Bonchev–Trinajstić information content (AvgIpc) is 2.79. The Bertz CT molecular complexity index is 443. The lowest BCUT2D eigenvalue weighted by Crippen LogP contribution is -2.30. The Labute approximate surface area is 86.8 Å². The van der Waals surface area contributed by atoms with Gasteiger partial charge in [0.2, 0.25) is 0 Å². The normalized spacial score (nSPS) is 13.0. The molecule has 0 saturated carbocycles. The standard InChI is InChI=1S/C8H13N7/c1-14-5-6(3-11-14)8(12-9)7-4-10-13-15(7)2/h3-5,8,12H,9H2,1-2H3. The van der Waals surface area contributed by atoms with Crippen LogP contribution in [0, 0.1) is 0 Å². The van der Waals surface area contributed by atoms with Gasteiger partial charge in [0.05, 0.1) is 24.1 Å². The lowest BCUT2D eigenvalue weighted by molar-refractivity contribution is 0.570. The zero-order valence-electron chi connectivity index (χ0n) is 8.62. The summed E-state index contributed by atoms with van der Waals surface area (Å²) in [5.74, 6) is 5.52. The largest absolute Gasteiger partial charge is 0.275 e. The highest BCUT2D eigenvalue weighted by Crippen LogP contribution is 2.18. The van der Waals surface area contributed by atoms with Crippen molar-refractivity contribution >= 4 is 0 Å². The fourth-order valence-corrected chi connectivity index (χ4v) is 1.50. The zero-order chi connectivity index (χ0) is 10.8. The second-order valence-electron chi connectivity index (χ2n) is 3.33. The average molecular weight is 207 g/mol. The van der Waals surface area contributed by atoms with Crippen molar-refractivity contribution in [3.63, 3.8) is 0 Å². The number of hydrazine groups is 1.